The van der Waals surface area contributed by atoms with Crippen LogP contribution in [-0.4, -0.2) is 5.11 Å². The fraction of sp³-hybridized carbons (Fsp3) is 0.125. The van der Waals surface area contributed by atoms with Crippen LogP contribution in [0.15, 0.2) is 18.2 Å². The molecule has 0 unspecified atom stereocenters. The summed E-state index contributed by atoms with van der Waals surface area (Å²) in [5, 5.41) is 4.11. The first-order valence-corrected chi connectivity index (χ1v) is 4.74. The molecule has 0 atom stereocenters. The summed E-state index contributed by atoms with van der Waals surface area (Å²) < 4.78 is 0. The molecule has 0 bridgehead atoms. The molecule has 0 fully saturated rings. The highest BCUT2D eigenvalue weighted by molar-refractivity contribution is 7.80. The molecule has 78 valence electrons. The van der Waals surface area contributed by atoms with Gasteiger partial charge in [0.2, 0.25) is 0 Å². The molecule has 6 heteroatoms. The van der Waals surface area contributed by atoms with Crippen molar-refractivity contribution in [2.45, 2.75) is 6.54 Å². The van der Waals surface area contributed by atoms with E-state index in [0.717, 1.165) is 5.56 Å². The van der Waals surface area contributed by atoms with Crippen LogP contribution in [0.1, 0.15) is 5.56 Å². The average molecular weight is 272 g/mol. The van der Waals surface area contributed by atoms with E-state index in [2.05, 4.69) is 17.5 Å². The van der Waals surface area contributed by atoms with E-state index >= 15 is 0 Å². The van der Waals surface area contributed by atoms with Crippen molar-refractivity contribution in [3.05, 3.63) is 33.8 Å². The summed E-state index contributed by atoms with van der Waals surface area (Å²) in [6.45, 7) is 0.495. The highest BCUT2D eigenvalue weighted by Crippen LogP contribution is 2.25. The van der Waals surface area contributed by atoms with Crippen LogP contribution in [0.5, 0.6) is 0 Å². The molecule has 1 aromatic rings. The summed E-state index contributed by atoms with van der Waals surface area (Å²) in [7, 11) is 0. The van der Waals surface area contributed by atoms with Crippen LogP contribution in [0.4, 0.5) is 0 Å². The Morgan fingerprint density at radius 3 is 2.64 bits per heavy atom. The second-order valence-electron chi connectivity index (χ2n) is 2.43. The van der Waals surface area contributed by atoms with E-state index in [1.165, 1.54) is 0 Å². The van der Waals surface area contributed by atoms with Crippen molar-refractivity contribution in [2.75, 3.05) is 0 Å². The van der Waals surface area contributed by atoms with Crippen molar-refractivity contribution in [2.24, 2.45) is 5.73 Å². The third-order valence-electron chi connectivity index (χ3n) is 1.48. The fourth-order valence-corrected chi connectivity index (χ4v) is 1.33. The van der Waals surface area contributed by atoms with Gasteiger partial charge in [0.25, 0.3) is 0 Å². The lowest BCUT2D eigenvalue weighted by Crippen LogP contribution is -2.28. The monoisotopic (exact) mass is 270 g/mol. The first-order valence-electron chi connectivity index (χ1n) is 3.57. The maximum absolute atomic E-state index is 5.92. The molecule has 0 radical (unpaired) electrons. The number of halogens is 3. The van der Waals surface area contributed by atoms with E-state index in [1.807, 2.05) is 12.1 Å². The summed E-state index contributed by atoms with van der Waals surface area (Å²) in [5.74, 6) is 0. The molecule has 0 aliphatic carbocycles. The maximum atomic E-state index is 5.92. The van der Waals surface area contributed by atoms with Gasteiger partial charge < -0.3 is 11.1 Å². The molecule has 0 saturated carbocycles. The highest BCUT2D eigenvalue weighted by Gasteiger charge is 2.03. The lowest BCUT2D eigenvalue weighted by molar-refractivity contribution is 0.920. The molecule has 0 spiro atoms. The topological polar surface area (TPSA) is 38.0 Å². The van der Waals surface area contributed by atoms with E-state index in [0.29, 0.717) is 16.6 Å². The number of thiocarbonyl (C=S) groups is 1. The zero-order valence-electron chi connectivity index (χ0n) is 7.09. The summed E-state index contributed by atoms with van der Waals surface area (Å²) >= 11 is 16.4. The van der Waals surface area contributed by atoms with Gasteiger partial charge in [-0.15, -0.1) is 12.4 Å². The molecule has 0 heterocycles. The molecule has 0 aliphatic rings. The van der Waals surface area contributed by atoms with Gasteiger partial charge in [-0.3, -0.25) is 0 Å². The molecule has 3 N–H and O–H groups in total. The second kappa shape index (κ2) is 6.30. The summed E-state index contributed by atoms with van der Waals surface area (Å²) in [6.07, 6.45) is 0. The number of hydrogen-bond acceptors (Lipinski definition) is 1. The van der Waals surface area contributed by atoms with Crippen LogP contribution in [0.3, 0.4) is 0 Å². The molecule has 1 rings (SSSR count). The Balaban J connectivity index is 0.00000169. The number of nitrogens with two attached hydrogens (primary N) is 1. The number of rotatable bonds is 2. The van der Waals surface area contributed by atoms with E-state index in [1.54, 1.807) is 6.07 Å². The van der Waals surface area contributed by atoms with Crippen LogP contribution in [-0.2, 0) is 6.54 Å². The lowest BCUT2D eigenvalue weighted by Gasteiger charge is -2.06. The molecular weight excluding hydrogens is 263 g/mol. The maximum Gasteiger partial charge on any atom is 0.163 e. The molecule has 1 aromatic carbocycles. The quantitative estimate of drug-likeness (QED) is 0.812. The number of hydrogen-bond donors (Lipinski definition) is 2. The SMILES string of the molecule is Cl.NC(=S)NCc1cccc(Cl)c1Cl. The van der Waals surface area contributed by atoms with Crippen molar-refractivity contribution in [3.63, 3.8) is 0 Å². The Morgan fingerprint density at radius 2 is 2.07 bits per heavy atom. The van der Waals surface area contributed by atoms with Crippen molar-refractivity contribution in [1.82, 2.24) is 5.32 Å². The van der Waals surface area contributed by atoms with E-state index in [9.17, 15) is 0 Å². The normalized spacial score (nSPS) is 9.00. The number of nitrogens with one attached hydrogen (secondary N) is 1. The first-order chi connectivity index (χ1) is 6.11. The third-order valence-corrected chi connectivity index (χ3v) is 2.49. The standard InChI is InChI=1S/C8H8Cl2N2S.ClH/c9-6-3-1-2-5(7(6)10)4-12-8(11)13;/h1-3H,4H2,(H3,11,12,13);1H. The van der Waals surface area contributed by atoms with Gasteiger partial charge in [-0.2, -0.15) is 0 Å². The van der Waals surface area contributed by atoms with Crippen molar-refractivity contribution < 1.29 is 0 Å². The highest BCUT2D eigenvalue weighted by atomic mass is 35.5. The minimum absolute atomic E-state index is 0. The zero-order chi connectivity index (χ0) is 9.84. The zero-order valence-corrected chi connectivity index (χ0v) is 10.2. The Kier molecular flexibility index (Phi) is 6.20. The van der Waals surface area contributed by atoms with Crippen LogP contribution >= 0.6 is 47.8 Å². The minimum Gasteiger partial charge on any atom is -0.376 e. The summed E-state index contributed by atoms with van der Waals surface area (Å²) in [5.41, 5.74) is 6.15. The van der Waals surface area contributed by atoms with Gasteiger partial charge in [0.1, 0.15) is 0 Å². The van der Waals surface area contributed by atoms with Gasteiger partial charge in [0, 0.05) is 6.54 Å². The van der Waals surface area contributed by atoms with Crippen LogP contribution in [0.2, 0.25) is 10.0 Å². The summed E-state index contributed by atoms with van der Waals surface area (Å²) in [6, 6.07) is 5.42. The fourth-order valence-electron chi connectivity index (χ4n) is 0.867. The molecular formula is C8H9Cl3N2S. The molecule has 14 heavy (non-hydrogen) atoms. The Hall–Kier alpha value is -0.220. The largest absolute Gasteiger partial charge is 0.376 e. The number of benzene rings is 1. The average Bonchev–Trinajstić information content (AvgIpc) is 2.07. The van der Waals surface area contributed by atoms with Crippen LogP contribution in [0, 0.1) is 0 Å². The predicted molar refractivity (Wildman–Crippen MR) is 67.3 cm³/mol. The Bertz CT molecular complexity index is 330. The lowest BCUT2D eigenvalue weighted by atomic mass is 10.2. The molecule has 2 nitrogen and oxygen atoms in total. The van der Waals surface area contributed by atoms with Gasteiger partial charge in [0.05, 0.1) is 10.0 Å². The van der Waals surface area contributed by atoms with Gasteiger partial charge >= 0.3 is 0 Å². The van der Waals surface area contributed by atoms with E-state index < -0.39 is 0 Å². The van der Waals surface area contributed by atoms with Crippen molar-refractivity contribution in [1.29, 1.82) is 0 Å². The second-order valence-corrected chi connectivity index (χ2v) is 3.66. The minimum atomic E-state index is 0. The molecule has 0 saturated heterocycles. The molecule has 0 aromatic heterocycles. The van der Waals surface area contributed by atoms with Crippen molar-refractivity contribution >= 4 is 52.9 Å². The van der Waals surface area contributed by atoms with Crippen LogP contribution < -0.4 is 11.1 Å². The molecule has 0 amide bonds. The molecule has 0 aliphatic heterocycles. The van der Waals surface area contributed by atoms with Gasteiger partial charge in [-0.25, -0.2) is 0 Å². The van der Waals surface area contributed by atoms with Crippen molar-refractivity contribution in [3.8, 4) is 0 Å². The van der Waals surface area contributed by atoms with Crippen LogP contribution in [0.25, 0.3) is 0 Å². The predicted octanol–water partition coefficient (Wildman–Crippen LogP) is 2.75. The Morgan fingerprint density at radius 1 is 1.43 bits per heavy atom. The third kappa shape index (κ3) is 3.88. The smallest absolute Gasteiger partial charge is 0.163 e. The van der Waals surface area contributed by atoms with Gasteiger partial charge in [0.15, 0.2) is 5.11 Å². The summed E-state index contributed by atoms with van der Waals surface area (Å²) in [4.78, 5) is 0. The Labute approximate surface area is 104 Å². The van der Waals surface area contributed by atoms with Gasteiger partial charge in [-0.1, -0.05) is 35.3 Å². The van der Waals surface area contributed by atoms with Gasteiger partial charge in [-0.05, 0) is 23.8 Å². The first kappa shape index (κ1) is 13.8. The van der Waals surface area contributed by atoms with E-state index in [4.69, 9.17) is 28.9 Å². The van der Waals surface area contributed by atoms with E-state index in [-0.39, 0.29) is 17.5 Å².